The highest BCUT2D eigenvalue weighted by Crippen LogP contribution is 2.37. The lowest BCUT2D eigenvalue weighted by Gasteiger charge is -2.38. The van der Waals surface area contributed by atoms with Crippen molar-refractivity contribution in [2.75, 3.05) is 19.4 Å². The van der Waals surface area contributed by atoms with Crippen LogP contribution >= 0.6 is 11.6 Å². The van der Waals surface area contributed by atoms with Gasteiger partial charge in [0.05, 0.1) is 16.6 Å². The average Bonchev–Trinajstić information content (AvgIpc) is 3.20. The molecule has 2 aliphatic heterocycles. The highest BCUT2D eigenvalue weighted by atomic mass is 35.5. The van der Waals surface area contributed by atoms with Gasteiger partial charge in [-0.3, -0.25) is 10.1 Å². The van der Waals surface area contributed by atoms with Crippen LogP contribution in [0.3, 0.4) is 0 Å². The third-order valence-corrected chi connectivity index (χ3v) is 5.64. The number of carbonyl (C=O) groups excluding carboxylic acids is 1. The Morgan fingerprint density at radius 1 is 1.38 bits per heavy atom. The summed E-state index contributed by atoms with van der Waals surface area (Å²) in [4.78, 5) is 26.3. The van der Waals surface area contributed by atoms with Crippen molar-refractivity contribution in [2.45, 2.75) is 25.4 Å². The maximum Gasteiger partial charge on any atom is 0.302 e. The van der Waals surface area contributed by atoms with Crippen LogP contribution in [0.2, 0.25) is 0 Å². The van der Waals surface area contributed by atoms with Gasteiger partial charge in [-0.1, -0.05) is 23.7 Å². The summed E-state index contributed by atoms with van der Waals surface area (Å²) >= 11 is 6.53. The molecule has 0 spiro atoms. The number of hydrogen-bond acceptors (Lipinski definition) is 8. The molecule has 10 heteroatoms. The Hall–Kier alpha value is -2.91. The SMILES string of the molecule is CNC(=O)C1C(C)=NC(Nc2nc3ccccc3o2)=NC1C1(C)NN(C)C=C1Cl. The largest absolute Gasteiger partial charge is 0.423 e. The van der Waals surface area contributed by atoms with Gasteiger partial charge in [-0.05, 0) is 26.0 Å². The number of oxazole rings is 1. The highest BCUT2D eigenvalue weighted by molar-refractivity contribution is 6.31. The summed E-state index contributed by atoms with van der Waals surface area (Å²) < 4.78 is 5.71. The lowest BCUT2D eigenvalue weighted by Crippen LogP contribution is -2.59. The fraction of sp³-hybridized carbons (Fsp3) is 0.368. The van der Waals surface area contributed by atoms with Crippen molar-refractivity contribution in [3.63, 3.8) is 0 Å². The number of hydrazine groups is 1. The minimum atomic E-state index is -0.779. The first-order valence-electron chi connectivity index (χ1n) is 9.17. The molecule has 0 bridgehead atoms. The van der Waals surface area contributed by atoms with Gasteiger partial charge in [0, 0.05) is 26.0 Å². The molecule has 2 aliphatic rings. The summed E-state index contributed by atoms with van der Waals surface area (Å²) in [6.07, 6.45) is 1.77. The number of para-hydroxylation sites is 2. The molecule has 0 radical (unpaired) electrons. The van der Waals surface area contributed by atoms with Crippen molar-refractivity contribution >= 4 is 46.3 Å². The zero-order valence-electron chi connectivity index (χ0n) is 16.5. The number of hydrogen-bond donors (Lipinski definition) is 3. The first-order valence-corrected chi connectivity index (χ1v) is 9.55. The monoisotopic (exact) mass is 415 g/mol. The van der Waals surface area contributed by atoms with E-state index in [9.17, 15) is 4.79 Å². The molecule has 0 saturated carbocycles. The summed E-state index contributed by atoms with van der Waals surface area (Å²) in [5.41, 5.74) is 4.50. The van der Waals surface area contributed by atoms with Crippen LogP contribution in [0.15, 0.2) is 49.9 Å². The maximum atomic E-state index is 12.6. The van der Waals surface area contributed by atoms with Crippen LogP contribution in [0.1, 0.15) is 13.8 Å². The van der Waals surface area contributed by atoms with Crippen LogP contribution in [0.4, 0.5) is 6.01 Å². The summed E-state index contributed by atoms with van der Waals surface area (Å²) in [6, 6.07) is 7.19. The predicted octanol–water partition coefficient (Wildman–Crippen LogP) is 2.09. The molecule has 0 fully saturated rings. The molecule has 2 aromatic rings. The molecule has 1 aromatic carbocycles. The van der Waals surface area contributed by atoms with E-state index in [-0.39, 0.29) is 11.9 Å². The molecule has 152 valence electrons. The second kappa shape index (κ2) is 7.16. The number of carbonyl (C=O) groups is 1. The van der Waals surface area contributed by atoms with Gasteiger partial charge in [0.2, 0.25) is 11.9 Å². The van der Waals surface area contributed by atoms with E-state index in [0.717, 1.165) is 5.52 Å². The molecule has 0 aliphatic carbocycles. The van der Waals surface area contributed by atoms with Gasteiger partial charge in [-0.2, -0.15) is 4.98 Å². The Balaban J connectivity index is 1.71. The zero-order valence-corrected chi connectivity index (χ0v) is 17.3. The lowest BCUT2D eigenvalue weighted by atomic mass is 9.80. The number of guanidine groups is 1. The Morgan fingerprint density at radius 3 is 2.79 bits per heavy atom. The van der Waals surface area contributed by atoms with Crippen molar-refractivity contribution in [1.82, 2.24) is 20.7 Å². The number of nitrogens with zero attached hydrogens (tertiary/aromatic N) is 4. The molecule has 1 amide bonds. The van der Waals surface area contributed by atoms with Crippen LogP contribution in [-0.2, 0) is 4.79 Å². The second-order valence-corrected chi connectivity index (χ2v) is 7.66. The van der Waals surface area contributed by atoms with Crippen LogP contribution in [0, 0.1) is 5.92 Å². The van der Waals surface area contributed by atoms with Crippen LogP contribution in [-0.4, -0.2) is 53.2 Å². The molecule has 0 saturated heterocycles. The second-order valence-electron chi connectivity index (χ2n) is 7.26. The number of anilines is 1. The van der Waals surface area contributed by atoms with Crippen molar-refractivity contribution in [3.8, 4) is 0 Å². The zero-order chi connectivity index (χ0) is 20.8. The summed E-state index contributed by atoms with van der Waals surface area (Å²) in [7, 11) is 3.43. The van der Waals surface area contributed by atoms with Gasteiger partial charge in [0.15, 0.2) is 5.58 Å². The first kappa shape index (κ1) is 19.4. The first-order chi connectivity index (χ1) is 13.8. The number of nitrogens with one attached hydrogen (secondary N) is 3. The van der Waals surface area contributed by atoms with E-state index in [1.165, 1.54) is 0 Å². The Kier molecular flexibility index (Phi) is 4.79. The van der Waals surface area contributed by atoms with Gasteiger partial charge in [-0.15, -0.1) is 0 Å². The van der Waals surface area contributed by atoms with Gasteiger partial charge >= 0.3 is 6.01 Å². The number of fused-ring (bicyclic) bond motifs is 1. The number of benzene rings is 1. The Bertz CT molecular complexity index is 1030. The molecule has 1 aromatic heterocycles. The minimum absolute atomic E-state index is 0.178. The third-order valence-electron chi connectivity index (χ3n) is 5.15. The third kappa shape index (κ3) is 3.36. The van der Waals surface area contributed by atoms with E-state index in [4.69, 9.17) is 21.0 Å². The van der Waals surface area contributed by atoms with Crippen molar-refractivity contribution in [1.29, 1.82) is 0 Å². The number of aliphatic imine (C=N–C) groups is 2. The molecule has 3 atom stereocenters. The molecular weight excluding hydrogens is 394 g/mol. The highest BCUT2D eigenvalue weighted by Gasteiger charge is 2.50. The molecule has 9 nitrogen and oxygen atoms in total. The fourth-order valence-corrected chi connectivity index (χ4v) is 4.00. The van der Waals surface area contributed by atoms with E-state index < -0.39 is 17.5 Å². The normalized spacial score (nSPS) is 26.8. The Labute approximate surface area is 172 Å². The molecule has 3 N–H and O–H groups in total. The van der Waals surface area contributed by atoms with Gasteiger partial charge in [0.1, 0.15) is 11.4 Å². The molecule has 3 unspecified atom stereocenters. The summed E-state index contributed by atoms with van der Waals surface area (Å²) in [5, 5.41) is 8.04. The van der Waals surface area contributed by atoms with E-state index >= 15 is 0 Å². The quantitative estimate of drug-likeness (QED) is 0.708. The minimum Gasteiger partial charge on any atom is -0.423 e. The van der Waals surface area contributed by atoms with E-state index in [0.29, 0.717) is 22.3 Å². The molecule has 29 heavy (non-hydrogen) atoms. The summed E-state index contributed by atoms with van der Waals surface area (Å²) in [5.74, 6) is -0.454. The lowest BCUT2D eigenvalue weighted by molar-refractivity contribution is -0.123. The van der Waals surface area contributed by atoms with Crippen LogP contribution in [0.25, 0.3) is 11.1 Å². The van der Waals surface area contributed by atoms with Gasteiger partial charge < -0.3 is 14.7 Å². The smallest absolute Gasteiger partial charge is 0.302 e. The maximum absolute atomic E-state index is 12.6. The molecular formula is C19H22ClN7O2. The van der Waals surface area contributed by atoms with Crippen molar-refractivity contribution in [2.24, 2.45) is 15.9 Å². The molecule has 4 rings (SSSR count). The van der Waals surface area contributed by atoms with E-state index in [1.54, 1.807) is 25.2 Å². The number of rotatable bonds is 3. The number of aromatic nitrogens is 1. The standard InChI is InChI=1S/C19H22ClN7O2/c1-10-14(16(28)21-3)15(19(2)13(20)9-27(4)26-19)24-17(22-10)25-18-23-11-7-5-6-8-12(11)29-18/h5-9,14-15,26H,1-4H3,(H,21,28)(H,23,24,25). The van der Waals surface area contributed by atoms with E-state index in [1.807, 2.05) is 38.2 Å². The number of amides is 1. The topological polar surface area (TPSA) is 107 Å². The fourth-order valence-electron chi connectivity index (χ4n) is 3.70. The predicted molar refractivity (Wildman–Crippen MR) is 113 cm³/mol. The Morgan fingerprint density at radius 2 is 2.14 bits per heavy atom. The average molecular weight is 416 g/mol. The number of halogens is 1. The summed E-state index contributed by atoms with van der Waals surface area (Å²) in [6.45, 7) is 3.71. The van der Waals surface area contributed by atoms with E-state index in [2.05, 4.69) is 26.0 Å². The van der Waals surface area contributed by atoms with Gasteiger partial charge in [0.25, 0.3) is 0 Å². The van der Waals surface area contributed by atoms with Crippen molar-refractivity contribution in [3.05, 3.63) is 35.5 Å². The van der Waals surface area contributed by atoms with Crippen LogP contribution in [0.5, 0.6) is 0 Å². The molecule has 3 heterocycles. The van der Waals surface area contributed by atoms with Gasteiger partial charge in [-0.25, -0.2) is 15.4 Å². The van der Waals surface area contributed by atoms with Crippen molar-refractivity contribution < 1.29 is 9.21 Å². The van der Waals surface area contributed by atoms with Crippen LogP contribution < -0.4 is 16.1 Å².